The minimum Gasteiger partial charge on any atom is -0.382 e. The Kier molecular flexibility index (Phi) is 8.69. The molecule has 2 nitrogen and oxygen atoms in total. The van der Waals surface area contributed by atoms with Crippen LogP contribution in [0.5, 0.6) is 0 Å². The zero-order valence-corrected chi connectivity index (χ0v) is 15.2. The van der Waals surface area contributed by atoms with Crippen LogP contribution in [0.1, 0.15) is 45.9 Å². The molecule has 1 aliphatic rings. The molecule has 0 saturated carbocycles. The first-order valence-corrected chi connectivity index (χ1v) is 8.89. The molecule has 25 heavy (non-hydrogen) atoms. The standard InChI is InChI=1S/C10H13N.C10H9N.C2H6.CH4/c2*1-8-6-7-9-4-2-3-5-10(9)11-8;1-2;/h2-5,8,11H,6-7H2,1H3;2-7H,1H3;1-2H3;1H4. The Hall–Kier alpha value is -2.35. The predicted octanol–water partition coefficient (Wildman–Crippen LogP) is 6.64. The van der Waals surface area contributed by atoms with Gasteiger partial charge in [0.05, 0.1) is 5.52 Å². The zero-order valence-electron chi connectivity index (χ0n) is 15.2. The van der Waals surface area contributed by atoms with Crippen molar-refractivity contribution in [1.29, 1.82) is 0 Å². The minimum atomic E-state index is 0. The molecule has 0 aliphatic carbocycles. The molecule has 0 amide bonds. The van der Waals surface area contributed by atoms with Crippen LogP contribution >= 0.6 is 0 Å². The van der Waals surface area contributed by atoms with E-state index in [0.29, 0.717) is 6.04 Å². The number of para-hydroxylation sites is 2. The zero-order chi connectivity index (χ0) is 17.4. The average Bonchev–Trinajstić information content (AvgIpc) is 2.64. The molecule has 1 unspecified atom stereocenters. The first-order chi connectivity index (χ1) is 11.7. The highest BCUT2D eigenvalue weighted by Crippen LogP contribution is 2.23. The molecule has 1 N–H and O–H groups in total. The Balaban J connectivity index is 0.000000220. The minimum absolute atomic E-state index is 0. The van der Waals surface area contributed by atoms with Crippen molar-refractivity contribution in [2.24, 2.45) is 0 Å². The number of aryl methyl sites for hydroxylation is 2. The lowest BCUT2D eigenvalue weighted by Gasteiger charge is -2.23. The third kappa shape index (κ3) is 5.90. The fourth-order valence-electron chi connectivity index (χ4n) is 2.76. The molecule has 2 aromatic carbocycles. The number of rotatable bonds is 0. The molecule has 134 valence electrons. The van der Waals surface area contributed by atoms with Crippen LogP contribution in [-0.4, -0.2) is 11.0 Å². The van der Waals surface area contributed by atoms with Crippen LogP contribution in [0, 0.1) is 6.92 Å². The average molecular weight is 337 g/mol. The van der Waals surface area contributed by atoms with Gasteiger partial charge in [0.25, 0.3) is 0 Å². The van der Waals surface area contributed by atoms with Crippen molar-refractivity contribution in [3.05, 3.63) is 71.9 Å². The van der Waals surface area contributed by atoms with E-state index in [4.69, 9.17) is 0 Å². The Morgan fingerprint density at radius 2 is 1.60 bits per heavy atom. The molecule has 2 heteroatoms. The molecule has 1 aromatic heterocycles. The van der Waals surface area contributed by atoms with Gasteiger partial charge in [0.2, 0.25) is 0 Å². The van der Waals surface area contributed by atoms with Crippen LogP contribution in [0.4, 0.5) is 5.69 Å². The van der Waals surface area contributed by atoms with Gasteiger partial charge >= 0.3 is 0 Å². The maximum Gasteiger partial charge on any atom is 0.0705 e. The molecule has 0 radical (unpaired) electrons. The van der Waals surface area contributed by atoms with Crippen LogP contribution < -0.4 is 5.32 Å². The number of nitrogens with one attached hydrogen (secondary N) is 1. The van der Waals surface area contributed by atoms with Gasteiger partial charge in [-0.2, -0.15) is 0 Å². The Bertz CT molecular complexity index is 765. The molecule has 3 aromatic rings. The number of hydrogen-bond acceptors (Lipinski definition) is 2. The van der Waals surface area contributed by atoms with E-state index < -0.39 is 0 Å². The third-order valence-electron chi connectivity index (χ3n) is 4.00. The maximum absolute atomic E-state index is 4.38. The summed E-state index contributed by atoms with van der Waals surface area (Å²) in [6.07, 6.45) is 2.49. The summed E-state index contributed by atoms with van der Waals surface area (Å²) in [5.74, 6) is 0. The maximum atomic E-state index is 4.38. The Labute approximate surface area is 153 Å². The summed E-state index contributed by atoms with van der Waals surface area (Å²) in [4.78, 5) is 4.38. The number of benzene rings is 2. The number of hydrogen-bond donors (Lipinski definition) is 1. The number of aromatic nitrogens is 1. The van der Waals surface area contributed by atoms with E-state index in [1.165, 1.54) is 29.5 Å². The fourth-order valence-corrected chi connectivity index (χ4v) is 2.76. The Morgan fingerprint density at radius 3 is 2.40 bits per heavy atom. The molecule has 0 spiro atoms. The van der Waals surface area contributed by atoms with Crippen LogP contribution in [0.2, 0.25) is 0 Å². The molecule has 1 aliphatic heterocycles. The van der Waals surface area contributed by atoms with Gasteiger partial charge in [-0.05, 0) is 50.5 Å². The van der Waals surface area contributed by atoms with Crippen molar-refractivity contribution in [2.45, 2.75) is 54.0 Å². The second-order valence-electron chi connectivity index (χ2n) is 5.89. The molecule has 0 bridgehead atoms. The summed E-state index contributed by atoms with van der Waals surface area (Å²) in [6.45, 7) is 8.24. The fraction of sp³-hybridized carbons (Fsp3) is 0.348. The first-order valence-electron chi connectivity index (χ1n) is 8.89. The van der Waals surface area contributed by atoms with Crippen LogP contribution in [-0.2, 0) is 6.42 Å². The molecular weight excluding hydrogens is 304 g/mol. The van der Waals surface area contributed by atoms with Gasteiger partial charge in [-0.15, -0.1) is 0 Å². The van der Waals surface area contributed by atoms with Crippen molar-refractivity contribution in [3.8, 4) is 0 Å². The Morgan fingerprint density at radius 1 is 0.920 bits per heavy atom. The van der Waals surface area contributed by atoms with Crippen molar-refractivity contribution in [2.75, 3.05) is 5.32 Å². The van der Waals surface area contributed by atoms with Crippen molar-refractivity contribution in [3.63, 3.8) is 0 Å². The predicted molar refractivity (Wildman–Crippen MR) is 112 cm³/mol. The molecule has 4 rings (SSSR count). The van der Waals surface area contributed by atoms with Gasteiger partial charge in [-0.3, -0.25) is 4.98 Å². The highest BCUT2D eigenvalue weighted by atomic mass is 14.9. The number of nitrogens with zero attached hydrogens (tertiary/aromatic N) is 1. The van der Waals surface area contributed by atoms with E-state index in [1.54, 1.807) is 0 Å². The lowest BCUT2D eigenvalue weighted by Crippen LogP contribution is -2.21. The van der Waals surface area contributed by atoms with E-state index >= 15 is 0 Å². The van der Waals surface area contributed by atoms with Crippen molar-refractivity contribution in [1.82, 2.24) is 4.98 Å². The van der Waals surface area contributed by atoms with Gasteiger partial charge in [0, 0.05) is 22.8 Å². The summed E-state index contributed by atoms with van der Waals surface area (Å²) in [6, 6.07) is 21.5. The van der Waals surface area contributed by atoms with Crippen molar-refractivity contribution >= 4 is 16.6 Å². The number of pyridine rings is 1. The van der Waals surface area contributed by atoms with E-state index in [1.807, 2.05) is 45.0 Å². The monoisotopic (exact) mass is 336 g/mol. The van der Waals surface area contributed by atoms with Gasteiger partial charge in [-0.25, -0.2) is 0 Å². The van der Waals surface area contributed by atoms with Gasteiger partial charge in [-0.1, -0.05) is 63.7 Å². The normalized spacial score (nSPS) is 14.5. The second kappa shape index (κ2) is 10.5. The molecular formula is C23H32N2. The number of fused-ring (bicyclic) bond motifs is 2. The lowest BCUT2D eigenvalue weighted by atomic mass is 9.99. The molecule has 1 atom stereocenters. The molecule has 0 saturated heterocycles. The topological polar surface area (TPSA) is 24.9 Å². The number of anilines is 1. The van der Waals surface area contributed by atoms with E-state index in [0.717, 1.165) is 11.2 Å². The summed E-state index contributed by atoms with van der Waals surface area (Å²) >= 11 is 0. The van der Waals surface area contributed by atoms with E-state index in [2.05, 4.69) is 53.6 Å². The van der Waals surface area contributed by atoms with Gasteiger partial charge in [0.1, 0.15) is 0 Å². The summed E-state index contributed by atoms with van der Waals surface area (Å²) < 4.78 is 0. The first kappa shape index (κ1) is 20.7. The molecule has 2 heterocycles. The highest BCUT2D eigenvalue weighted by molar-refractivity contribution is 5.78. The third-order valence-corrected chi connectivity index (χ3v) is 4.00. The van der Waals surface area contributed by atoms with E-state index in [9.17, 15) is 0 Å². The molecule has 0 fully saturated rings. The van der Waals surface area contributed by atoms with Crippen LogP contribution in [0.25, 0.3) is 10.9 Å². The summed E-state index contributed by atoms with van der Waals surface area (Å²) in [7, 11) is 0. The van der Waals surface area contributed by atoms with Crippen molar-refractivity contribution < 1.29 is 0 Å². The lowest BCUT2D eigenvalue weighted by molar-refractivity contribution is 0.681. The van der Waals surface area contributed by atoms with Gasteiger partial charge < -0.3 is 5.32 Å². The van der Waals surface area contributed by atoms with E-state index in [-0.39, 0.29) is 7.43 Å². The summed E-state index contributed by atoms with van der Waals surface area (Å²) in [5.41, 5.74) is 4.94. The second-order valence-corrected chi connectivity index (χ2v) is 5.89. The van der Waals surface area contributed by atoms with Gasteiger partial charge in [0.15, 0.2) is 0 Å². The highest BCUT2D eigenvalue weighted by Gasteiger charge is 2.11. The van der Waals surface area contributed by atoms with Crippen LogP contribution in [0.3, 0.4) is 0 Å². The summed E-state index contributed by atoms with van der Waals surface area (Å²) in [5, 5.41) is 4.67. The smallest absolute Gasteiger partial charge is 0.0705 e. The SMILES string of the molecule is C.CC.CC1CCc2ccccc2N1.Cc1ccc2ccccc2n1. The largest absolute Gasteiger partial charge is 0.382 e. The van der Waals surface area contributed by atoms with Crippen LogP contribution in [0.15, 0.2) is 60.7 Å². The quantitative estimate of drug-likeness (QED) is 0.498.